The summed E-state index contributed by atoms with van der Waals surface area (Å²) in [5.74, 6) is 0.0286. The van der Waals surface area contributed by atoms with E-state index < -0.39 is 5.41 Å². The number of amides is 1. The summed E-state index contributed by atoms with van der Waals surface area (Å²) in [5.41, 5.74) is 0.509. The highest BCUT2D eigenvalue weighted by Crippen LogP contribution is 2.30. The maximum Gasteiger partial charge on any atom is 0.248 e. The number of carbonyl (C=O) groups excluding carboxylic acids is 1. The molecule has 0 saturated heterocycles. The molecular weight excluding hydrogens is 204 g/mol. The number of hydrazone groups is 1. The largest absolute Gasteiger partial charge is 0.280 e. The molecule has 1 amide bonds. The number of nitrogens with zero attached hydrogens (tertiary/aromatic N) is 3. The lowest BCUT2D eigenvalue weighted by molar-refractivity contribution is -0.141. The molecule has 1 atom stereocenters. The highest BCUT2D eigenvalue weighted by atomic mass is 16.2. The summed E-state index contributed by atoms with van der Waals surface area (Å²) in [7, 11) is 0. The van der Waals surface area contributed by atoms with Crippen molar-refractivity contribution >= 4 is 12.1 Å². The van der Waals surface area contributed by atoms with Crippen LogP contribution in [0, 0.1) is 5.41 Å². The molecule has 1 aliphatic rings. The fourth-order valence-corrected chi connectivity index (χ4v) is 1.66. The van der Waals surface area contributed by atoms with E-state index in [1.165, 1.54) is 0 Å². The van der Waals surface area contributed by atoms with Gasteiger partial charge < -0.3 is 0 Å². The molecule has 86 valence electrons. The van der Waals surface area contributed by atoms with E-state index in [-0.39, 0.29) is 11.9 Å². The molecule has 0 fully saturated rings. The lowest BCUT2D eigenvalue weighted by atomic mass is 9.94. The third-order valence-corrected chi connectivity index (χ3v) is 2.56. The number of aromatic amines is 1. The first-order chi connectivity index (χ1) is 7.50. The number of hydrogen-bond acceptors (Lipinski definition) is 3. The minimum Gasteiger partial charge on any atom is -0.280 e. The van der Waals surface area contributed by atoms with Gasteiger partial charge in [0.05, 0.1) is 5.69 Å². The zero-order chi connectivity index (χ0) is 11.8. The van der Waals surface area contributed by atoms with Gasteiger partial charge in [-0.15, -0.1) is 0 Å². The summed E-state index contributed by atoms with van der Waals surface area (Å²) in [4.78, 5) is 12.2. The van der Waals surface area contributed by atoms with Crippen LogP contribution in [-0.2, 0) is 4.79 Å². The van der Waals surface area contributed by atoms with E-state index >= 15 is 0 Å². The van der Waals surface area contributed by atoms with Crippen LogP contribution < -0.4 is 0 Å². The van der Waals surface area contributed by atoms with Crippen LogP contribution in [0.3, 0.4) is 0 Å². The molecule has 1 N–H and O–H groups in total. The van der Waals surface area contributed by atoms with Crippen molar-refractivity contribution in [1.29, 1.82) is 0 Å². The van der Waals surface area contributed by atoms with E-state index in [9.17, 15) is 4.79 Å². The molecule has 0 spiro atoms. The van der Waals surface area contributed by atoms with Crippen LogP contribution in [-0.4, -0.2) is 27.3 Å². The Hall–Kier alpha value is -1.65. The van der Waals surface area contributed by atoms with Crippen molar-refractivity contribution in [2.45, 2.75) is 33.2 Å². The summed E-state index contributed by atoms with van der Waals surface area (Å²) < 4.78 is 0. The maximum absolute atomic E-state index is 12.2. The number of nitrogens with one attached hydrogen (secondary N) is 1. The van der Waals surface area contributed by atoms with E-state index in [0.29, 0.717) is 0 Å². The molecular formula is C11H16N4O. The van der Waals surface area contributed by atoms with E-state index in [1.807, 2.05) is 26.8 Å². The van der Waals surface area contributed by atoms with Crippen LogP contribution in [0.25, 0.3) is 0 Å². The molecule has 16 heavy (non-hydrogen) atoms. The van der Waals surface area contributed by atoms with Crippen molar-refractivity contribution in [2.75, 3.05) is 0 Å². The molecule has 5 nitrogen and oxygen atoms in total. The molecule has 2 rings (SSSR count). The summed E-state index contributed by atoms with van der Waals surface area (Å²) in [6.07, 6.45) is 4.20. The van der Waals surface area contributed by atoms with E-state index in [2.05, 4.69) is 15.3 Å². The van der Waals surface area contributed by atoms with Gasteiger partial charge in [-0.2, -0.15) is 10.2 Å². The molecule has 0 bridgehead atoms. The second kappa shape index (κ2) is 3.73. The normalized spacial score (nSPS) is 20.4. The Bertz CT molecular complexity index is 402. The third kappa shape index (κ3) is 1.85. The van der Waals surface area contributed by atoms with E-state index in [1.54, 1.807) is 17.4 Å². The summed E-state index contributed by atoms with van der Waals surface area (Å²) in [6.45, 7) is 5.69. The van der Waals surface area contributed by atoms with Gasteiger partial charge in [0, 0.05) is 24.2 Å². The highest BCUT2D eigenvalue weighted by Gasteiger charge is 2.35. The quantitative estimate of drug-likeness (QED) is 0.783. The fourth-order valence-electron chi connectivity index (χ4n) is 1.66. The Morgan fingerprint density at radius 2 is 2.31 bits per heavy atom. The molecule has 0 aromatic carbocycles. The highest BCUT2D eigenvalue weighted by molar-refractivity contribution is 5.84. The van der Waals surface area contributed by atoms with Crippen molar-refractivity contribution < 1.29 is 4.79 Å². The average molecular weight is 220 g/mol. The van der Waals surface area contributed by atoms with Crippen LogP contribution in [0.2, 0.25) is 0 Å². The van der Waals surface area contributed by atoms with Crippen LogP contribution in [0.5, 0.6) is 0 Å². The molecule has 0 saturated carbocycles. The number of hydrogen-bond donors (Lipinski definition) is 1. The van der Waals surface area contributed by atoms with Crippen LogP contribution in [0.1, 0.15) is 38.9 Å². The summed E-state index contributed by atoms with van der Waals surface area (Å²) >= 11 is 0. The number of carbonyl (C=O) groups is 1. The van der Waals surface area contributed by atoms with E-state index in [0.717, 1.165) is 12.1 Å². The van der Waals surface area contributed by atoms with Gasteiger partial charge in [-0.3, -0.25) is 9.89 Å². The second-order valence-electron chi connectivity index (χ2n) is 4.96. The minimum atomic E-state index is -0.417. The topological polar surface area (TPSA) is 61.4 Å². The lowest BCUT2D eigenvalue weighted by Crippen LogP contribution is -2.36. The van der Waals surface area contributed by atoms with Gasteiger partial charge >= 0.3 is 0 Å². The van der Waals surface area contributed by atoms with Crippen molar-refractivity contribution in [3.8, 4) is 0 Å². The predicted molar refractivity (Wildman–Crippen MR) is 60.7 cm³/mol. The number of rotatable bonds is 1. The van der Waals surface area contributed by atoms with Gasteiger partial charge in [-0.1, -0.05) is 20.8 Å². The molecule has 0 radical (unpaired) electrons. The minimum absolute atomic E-state index is 0.0286. The SMILES string of the molecule is CC(C)(C)C(=O)N1N=CCC1c1ccn[nH]1. The predicted octanol–water partition coefficient (Wildman–Crippen LogP) is 1.71. The van der Waals surface area contributed by atoms with Crippen LogP contribution >= 0.6 is 0 Å². The van der Waals surface area contributed by atoms with Crippen LogP contribution in [0.15, 0.2) is 17.4 Å². The molecule has 1 aromatic heterocycles. The van der Waals surface area contributed by atoms with E-state index in [4.69, 9.17) is 0 Å². The molecule has 2 heterocycles. The Balaban J connectivity index is 2.22. The molecule has 1 unspecified atom stereocenters. The van der Waals surface area contributed by atoms with Gasteiger partial charge in [0.25, 0.3) is 0 Å². The third-order valence-electron chi connectivity index (χ3n) is 2.56. The van der Waals surface area contributed by atoms with Crippen molar-refractivity contribution in [3.63, 3.8) is 0 Å². The van der Waals surface area contributed by atoms with Crippen molar-refractivity contribution in [1.82, 2.24) is 15.2 Å². The zero-order valence-electron chi connectivity index (χ0n) is 9.77. The van der Waals surface area contributed by atoms with Crippen LogP contribution in [0.4, 0.5) is 0 Å². The monoisotopic (exact) mass is 220 g/mol. The van der Waals surface area contributed by atoms with Crippen molar-refractivity contribution in [3.05, 3.63) is 18.0 Å². The molecule has 5 heteroatoms. The standard InChI is InChI=1S/C11H16N4O/c1-11(2,3)10(16)15-9(5-7-13-15)8-4-6-12-14-8/h4,6-7,9H,5H2,1-3H3,(H,12,14). The van der Waals surface area contributed by atoms with Gasteiger partial charge in [0.15, 0.2) is 0 Å². The fraction of sp³-hybridized carbons (Fsp3) is 0.545. The van der Waals surface area contributed by atoms with Gasteiger partial charge in [-0.05, 0) is 6.07 Å². The zero-order valence-corrected chi connectivity index (χ0v) is 9.77. The first-order valence-electron chi connectivity index (χ1n) is 5.35. The maximum atomic E-state index is 12.2. The lowest BCUT2D eigenvalue weighted by Gasteiger charge is -2.27. The number of aromatic nitrogens is 2. The summed E-state index contributed by atoms with van der Waals surface area (Å²) in [5, 5.41) is 12.5. The number of H-pyrrole nitrogens is 1. The second-order valence-corrected chi connectivity index (χ2v) is 4.96. The van der Waals surface area contributed by atoms with Gasteiger partial charge in [0.1, 0.15) is 6.04 Å². The van der Waals surface area contributed by atoms with Gasteiger partial charge in [-0.25, -0.2) is 5.01 Å². The first-order valence-corrected chi connectivity index (χ1v) is 5.35. The average Bonchev–Trinajstić information content (AvgIpc) is 2.85. The Morgan fingerprint density at radius 3 is 2.88 bits per heavy atom. The Kier molecular flexibility index (Phi) is 2.53. The molecule has 0 aliphatic carbocycles. The van der Waals surface area contributed by atoms with Gasteiger partial charge in [0.2, 0.25) is 5.91 Å². The summed E-state index contributed by atoms with van der Waals surface area (Å²) in [6, 6.07) is 1.84. The smallest absolute Gasteiger partial charge is 0.248 e. The first kappa shape index (κ1) is 10.9. The van der Waals surface area contributed by atoms with Crippen molar-refractivity contribution in [2.24, 2.45) is 10.5 Å². The molecule has 1 aromatic rings. The Morgan fingerprint density at radius 1 is 1.56 bits per heavy atom. The Labute approximate surface area is 94.5 Å². The molecule has 1 aliphatic heterocycles.